The molecule has 1 unspecified atom stereocenters. The average Bonchev–Trinajstić information content (AvgIpc) is 3.01. The van der Waals surface area contributed by atoms with Crippen LogP contribution in [0.3, 0.4) is 0 Å². The van der Waals surface area contributed by atoms with Crippen molar-refractivity contribution in [2.45, 2.75) is 51.1 Å². The molecule has 4 nitrogen and oxygen atoms in total. The van der Waals surface area contributed by atoms with Gasteiger partial charge in [-0.25, -0.2) is 0 Å². The van der Waals surface area contributed by atoms with Crippen molar-refractivity contribution in [2.75, 3.05) is 0 Å². The normalized spacial score (nSPS) is 22.3. The van der Waals surface area contributed by atoms with Gasteiger partial charge in [0.05, 0.1) is 11.6 Å². The Labute approximate surface area is 179 Å². The Bertz CT molecular complexity index is 977. The van der Waals surface area contributed by atoms with Gasteiger partial charge in [-0.1, -0.05) is 71.6 Å². The molecule has 1 atom stereocenters. The number of aliphatic hydroxyl groups excluding tert-OH is 1. The number of amides is 1. The number of halogens is 1. The van der Waals surface area contributed by atoms with Crippen LogP contribution in [0.25, 0.3) is 5.76 Å². The minimum atomic E-state index is -0.595. The van der Waals surface area contributed by atoms with E-state index in [1.165, 1.54) is 0 Å². The number of aliphatic hydroxyl groups is 1. The van der Waals surface area contributed by atoms with Crippen molar-refractivity contribution < 1.29 is 14.7 Å². The van der Waals surface area contributed by atoms with Crippen molar-refractivity contribution in [1.29, 1.82) is 0 Å². The molecule has 1 saturated heterocycles. The molecule has 0 aromatic heterocycles. The van der Waals surface area contributed by atoms with Crippen LogP contribution < -0.4 is 0 Å². The number of carbonyl (C=O) groups excluding carboxylic acids is 2. The summed E-state index contributed by atoms with van der Waals surface area (Å²) in [6.07, 6.45) is 5.07. The van der Waals surface area contributed by atoms with Gasteiger partial charge in [0.2, 0.25) is 0 Å². The van der Waals surface area contributed by atoms with Gasteiger partial charge in [-0.15, -0.1) is 0 Å². The van der Waals surface area contributed by atoms with E-state index in [0.29, 0.717) is 5.56 Å². The fraction of sp³-hybridized carbons (Fsp3) is 0.333. The molecular weight excluding hydrogens is 430 g/mol. The molecule has 0 bridgehead atoms. The summed E-state index contributed by atoms with van der Waals surface area (Å²) in [7, 11) is 0. The molecule has 2 aromatic rings. The first-order valence-electron chi connectivity index (χ1n) is 10.1. The smallest absolute Gasteiger partial charge is 0.295 e. The van der Waals surface area contributed by atoms with Crippen LogP contribution in [0, 0.1) is 6.92 Å². The fourth-order valence-electron chi connectivity index (χ4n) is 4.50. The van der Waals surface area contributed by atoms with Gasteiger partial charge in [0.15, 0.2) is 0 Å². The zero-order chi connectivity index (χ0) is 20.5. The first kappa shape index (κ1) is 19.9. The zero-order valence-electron chi connectivity index (χ0n) is 16.4. The van der Waals surface area contributed by atoms with E-state index in [0.717, 1.165) is 47.7 Å². The van der Waals surface area contributed by atoms with E-state index < -0.39 is 17.7 Å². The number of ketones is 1. The van der Waals surface area contributed by atoms with Crippen molar-refractivity contribution in [3.8, 4) is 0 Å². The number of benzene rings is 2. The highest BCUT2D eigenvalue weighted by Gasteiger charge is 2.48. The highest BCUT2D eigenvalue weighted by molar-refractivity contribution is 9.10. The second kappa shape index (κ2) is 8.15. The maximum atomic E-state index is 13.1. The molecule has 150 valence electrons. The molecule has 4 rings (SSSR count). The van der Waals surface area contributed by atoms with Crippen LogP contribution in [0.5, 0.6) is 0 Å². The van der Waals surface area contributed by atoms with Crippen molar-refractivity contribution >= 4 is 33.4 Å². The largest absolute Gasteiger partial charge is 0.507 e. The van der Waals surface area contributed by atoms with Crippen LogP contribution in [0.15, 0.2) is 58.6 Å². The van der Waals surface area contributed by atoms with Gasteiger partial charge in [-0.05, 0) is 43.0 Å². The van der Waals surface area contributed by atoms with Gasteiger partial charge in [-0.2, -0.15) is 0 Å². The highest BCUT2D eigenvalue weighted by atomic mass is 79.9. The molecule has 1 aliphatic carbocycles. The average molecular weight is 454 g/mol. The molecule has 2 aromatic carbocycles. The summed E-state index contributed by atoms with van der Waals surface area (Å²) in [4.78, 5) is 27.9. The van der Waals surface area contributed by atoms with Crippen molar-refractivity contribution in [3.05, 3.63) is 75.3 Å². The van der Waals surface area contributed by atoms with Crippen LogP contribution in [0.4, 0.5) is 0 Å². The molecule has 0 radical (unpaired) electrons. The molecule has 1 heterocycles. The maximum absolute atomic E-state index is 13.1. The number of likely N-dealkylation sites (tertiary alicyclic amines) is 1. The Morgan fingerprint density at radius 2 is 1.72 bits per heavy atom. The minimum Gasteiger partial charge on any atom is -0.507 e. The topological polar surface area (TPSA) is 57.6 Å². The number of rotatable bonds is 3. The standard InChI is InChI=1S/C24H24BrNO3/c1-15-14-17(12-13-19(15)25)22(27)20-21(16-8-4-2-5-9-16)26(24(29)23(20)28)18-10-6-3-7-11-18/h2,4-5,8-9,12-14,18,21,27H,3,6-7,10-11H2,1H3/b22-20-. The summed E-state index contributed by atoms with van der Waals surface area (Å²) in [5.74, 6) is -1.20. The molecule has 29 heavy (non-hydrogen) atoms. The third-order valence-corrected chi connectivity index (χ3v) is 6.88. The summed E-state index contributed by atoms with van der Waals surface area (Å²) >= 11 is 3.47. The number of Topliss-reactive ketones (excluding diaryl/α,β-unsaturated/α-hetero) is 1. The lowest BCUT2D eigenvalue weighted by molar-refractivity contribution is -0.141. The Hall–Kier alpha value is -2.40. The molecule has 1 saturated carbocycles. The second-order valence-electron chi connectivity index (χ2n) is 7.87. The third-order valence-electron chi connectivity index (χ3n) is 5.99. The summed E-state index contributed by atoms with van der Waals surface area (Å²) in [5.41, 5.74) is 2.54. The molecule has 5 heteroatoms. The van der Waals surface area contributed by atoms with E-state index in [4.69, 9.17) is 0 Å². The summed E-state index contributed by atoms with van der Waals surface area (Å²) in [6, 6.07) is 14.5. The van der Waals surface area contributed by atoms with Gasteiger partial charge < -0.3 is 10.0 Å². The molecule has 2 aliphatic rings. The minimum absolute atomic E-state index is 0.0300. The number of aryl methyl sites for hydroxylation is 1. The van der Waals surface area contributed by atoms with E-state index in [9.17, 15) is 14.7 Å². The van der Waals surface area contributed by atoms with Gasteiger partial charge in [-0.3, -0.25) is 9.59 Å². The lowest BCUT2D eigenvalue weighted by Gasteiger charge is -2.35. The van der Waals surface area contributed by atoms with Crippen molar-refractivity contribution in [2.24, 2.45) is 0 Å². The van der Waals surface area contributed by atoms with Crippen LogP contribution in [-0.4, -0.2) is 27.7 Å². The molecule has 1 aliphatic heterocycles. The molecule has 2 fully saturated rings. The van der Waals surface area contributed by atoms with Gasteiger partial charge in [0, 0.05) is 16.1 Å². The van der Waals surface area contributed by atoms with Crippen molar-refractivity contribution in [3.63, 3.8) is 0 Å². The van der Waals surface area contributed by atoms with Gasteiger partial charge in [0.1, 0.15) is 5.76 Å². The lowest BCUT2D eigenvalue weighted by Crippen LogP contribution is -2.40. The number of hydrogen-bond acceptors (Lipinski definition) is 3. The highest BCUT2D eigenvalue weighted by Crippen LogP contribution is 2.43. The van der Waals surface area contributed by atoms with Crippen molar-refractivity contribution in [1.82, 2.24) is 4.90 Å². The summed E-state index contributed by atoms with van der Waals surface area (Å²) in [5, 5.41) is 11.1. The predicted octanol–water partition coefficient (Wildman–Crippen LogP) is 5.51. The zero-order valence-corrected chi connectivity index (χ0v) is 18.0. The molecule has 1 amide bonds. The third kappa shape index (κ3) is 3.64. The van der Waals surface area contributed by atoms with Gasteiger partial charge >= 0.3 is 0 Å². The monoisotopic (exact) mass is 453 g/mol. The molecule has 1 N–H and O–H groups in total. The Balaban J connectivity index is 1.87. The van der Waals surface area contributed by atoms with Crippen LogP contribution in [-0.2, 0) is 9.59 Å². The van der Waals surface area contributed by atoms with Gasteiger partial charge in [0.25, 0.3) is 11.7 Å². The van der Waals surface area contributed by atoms with Crippen LogP contribution in [0.2, 0.25) is 0 Å². The summed E-state index contributed by atoms with van der Waals surface area (Å²) < 4.78 is 0.927. The number of carbonyl (C=O) groups is 2. The molecule has 0 spiro atoms. The van der Waals surface area contributed by atoms with E-state index in [2.05, 4.69) is 15.9 Å². The van der Waals surface area contributed by atoms with Crippen LogP contribution >= 0.6 is 15.9 Å². The first-order chi connectivity index (χ1) is 14.0. The fourth-order valence-corrected chi connectivity index (χ4v) is 4.74. The SMILES string of the molecule is Cc1cc(/C(O)=C2/C(=O)C(=O)N(C3CCCCC3)C2c2ccccc2)ccc1Br. The second-order valence-corrected chi connectivity index (χ2v) is 8.73. The quantitative estimate of drug-likeness (QED) is 0.378. The van der Waals surface area contributed by atoms with E-state index in [1.807, 2.05) is 49.4 Å². The maximum Gasteiger partial charge on any atom is 0.295 e. The predicted molar refractivity (Wildman–Crippen MR) is 116 cm³/mol. The molecular formula is C24H24BrNO3. The lowest BCUT2D eigenvalue weighted by atomic mass is 9.91. The Morgan fingerprint density at radius 1 is 1.03 bits per heavy atom. The Kier molecular flexibility index (Phi) is 5.59. The first-order valence-corrected chi connectivity index (χ1v) is 10.9. The summed E-state index contributed by atoms with van der Waals surface area (Å²) in [6.45, 7) is 1.93. The van der Waals surface area contributed by atoms with E-state index in [1.54, 1.807) is 11.0 Å². The van der Waals surface area contributed by atoms with E-state index in [-0.39, 0.29) is 17.4 Å². The number of nitrogens with zero attached hydrogens (tertiary/aromatic N) is 1. The Morgan fingerprint density at radius 3 is 2.38 bits per heavy atom. The number of hydrogen-bond donors (Lipinski definition) is 1. The van der Waals surface area contributed by atoms with Crippen LogP contribution in [0.1, 0.15) is 54.8 Å². The van der Waals surface area contributed by atoms with E-state index >= 15 is 0 Å².